The second kappa shape index (κ2) is 6.53. The molecule has 2 saturated heterocycles. The van der Waals surface area contributed by atoms with Crippen LogP contribution in [-0.4, -0.2) is 65.2 Å². The number of aromatic nitrogens is 3. The molecular formula is C20H22N6. The lowest BCUT2D eigenvalue weighted by molar-refractivity contribution is 0.156. The molecule has 2 fully saturated rings. The van der Waals surface area contributed by atoms with Crippen LogP contribution in [0.15, 0.2) is 54.9 Å². The normalized spacial score (nSPS) is 18.9. The second-order valence-corrected chi connectivity index (χ2v) is 6.99. The zero-order valence-electron chi connectivity index (χ0n) is 14.7. The highest BCUT2D eigenvalue weighted by Crippen LogP contribution is 2.24. The molecule has 6 heteroatoms. The third-order valence-corrected chi connectivity index (χ3v) is 5.43. The van der Waals surface area contributed by atoms with Crippen molar-refractivity contribution in [2.45, 2.75) is 6.04 Å². The Bertz CT molecular complexity index is 885. The summed E-state index contributed by atoms with van der Waals surface area (Å²) in [4.78, 5) is 21.1. The van der Waals surface area contributed by atoms with Crippen molar-refractivity contribution in [3.63, 3.8) is 0 Å². The van der Waals surface area contributed by atoms with E-state index in [9.17, 15) is 0 Å². The maximum absolute atomic E-state index is 4.76. The van der Waals surface area contributed by atoms with Gasteiger partial charge in [-0.1, -0.05) is 18.2 Å². The van der Waals surface area contributed by atoms with Crippen LogP contribution < -0.4 is 9.80 Å². The molecule has 5 rings (SSSR count). The van der Waals surface area contributed by atoms with Crippen LogP contribution in [0.5, 0.6) is 0 Å². The zero-order valence-corrected chi connectivity index (χ0v) is 14.7. The molecule has 0 bridgehead atoms. The molecule has 3 aromatic rings. The number of hydrogen-bond donors (Lipinski definition) is 0. The quantitative estimate of drug-likeness (QED) is 0.723. The van der Waals surface area contributed by atoms with Gasteiger partial charge in [0.15, 0.2) is 0 Å². The molecule has 0 spiro atoms. The van der Waals surface area contributed by atoms with Gasteiger partial charge in [0, 0.05) is 51.5 Å². The molecule has 6 nitrogen and oxygen atoms in total. The lowest BCUT2D eigenvalue weighted by Crippen LogP contribution is -2.63. The molecule has 0 saturated carbocycles. The van der Waals surface area contributed by atoms with Crippen LogP contribution >= 0.6 is 0 Å². The first-order chi connectivity index (χ1) is 12.9. The van der Waals surface area contributed by atoms with Gasteiger partial charge >= 0.3 is 0 Å². The third-order valence-electron chi connectivity index (χ3n) is 5.43. The lowest BCUT2D eigenvalue weighted by atomic mass is 10.1. The van der Waals surface area contributed by atoms with Gasteiger partial charge in [0.2, 0.25) is 0 Å². The molecule has 0 N–H and O–H groups in total. The van der Waals surface area contributed by atoms with Crippen molar-refractivity contribution in [2.24, 2.45) is 0 Å². The van der Waals surface area contributed by atoms with Gasteiger partial charge in [0.1, 0.15) is 11.6 Å². The highest BCUT2D eigenvalue weighted by Gasteiger charge is 2.34. The largest absolute Gasteiger partial charge is 0.354 e. The number of benzene rings is 1. The maximum atomic E-state index is 4.76. The molecular weight excluding hydrogens is 324 g/mol. The Morgan fingerprint density at radius 1 is 0.731 bits per heavy atom. The monoisotopic (exact) mass is 346 g/mol. The highest BCUT2D eigenvalue weighted by molar-refractivity contribution is 5.75. The fourth-order valence-corrected chi connectivity index (χ4v) is 3.83. The summed E-state index contributed by atoms with van der Waals surface area (Å²) in [6.07, 6.45) is 3.77. The standard InChI is InChI=1S/C20H22N6/c1-2-6-18-17(5-1)22-13-20(23-18)26-14-16(15-26)24-9-11-25(12-10-24)19-7-3-4-8-21-19/h1-8,13,16H,9-12,14-15H2. The van der Waals surface area contributed by atoms with Crippen molar-refractivity contribution in [1.82, 2.24) is 19.9 Å². The van der Waals surface area contributed by atoms with Crippen molar-refractivity contribution in [3.8, 4) is 0 Å². The maximum Gasteiger partial charge on any atom is 0.147 e. The predicted octanol–water partition coefficient (Wildman–Crippen LogP) is 2.04. The molecule has 0 aliphatic carbocycles. The Hall–Kier alpha value is -2.73. The molecule has 2 aliphatic rings. The second-order valence-electron chi connectivity index (χ2n) is 6.99. The van der Waals surface area contributed by atoms with E-state index in [1.54, 1.807) is 0 Å². The van der Waals surface area contributed by atoms with Gasteiger partial charge in [-0.05, 0) is 24.3 Å². The number of para-hydroxylation sites is 2. The summed E-state index contributed by atoms with van der Waals surface area (Å²) in [6.45, 7) is 6.36. The zero-order chi connectivity index (χ0) is 17.3. The van der Waals surface area contributed by atoms with Crippen LogP contribution in [0.4, 0.5) is 11.6 Å². The summed E-state index contributed by atoms with van der Waals surface area (Å²) >= 11 is 0. The Morgan fingerprint density at radius 2 is 1.50 bits per heavy atom. The third kappa shape index (κ3) is 2.86. The van der Waals surface area contributed by atoms with Gasteiger partial charge in [0.25, 0.3) is 0 Å². The topological polar surface area (TPSA) is 48.4 Å². The number of piperazine rings is 1. The first kappa shape index (κ1) is 15.5. The van der Waals surface area contributed by atoms with E-state index in [1.165, 1.54) is 0 Å². The van der Waals surface area contributed by atoms with Gasteiger partial charge in [-0.15, -0.1) is 0 Å². The van der Waals surface area contributed by atoms with Gasteiger partial charge < -0.3 is 9.80 Å². The number of rotatable bonds is 3. The van der Waals surface area contributed by atoms with Crippen molar-refractivity contribution in [2.75, 3.05) is 49.1 Å². The number of anilines is 2. The summed E-state index contributed by atoms with van der Waals surface area (Å²) in [5.41, 5.74) is 1.93. The minimum Gasteiger partial charge on any atom is -0.354 e. The smallest absolute Gasteiger partial charge is 0.147 e. The number of fused-ring (bicyclic) bond motifs is 1. The van der Waals surface area contributed by atoms with E-state index in [2.05, 4.69) is 36.8 Å². The summed E-state index contributed by atoms with van der Waals surface area (Å²) in [7, 11) is 0. The Balaban J connectivity index is 1.18. The van der Waals surface area contributed by atoms with Crippen LogP contribution in [-0.2, 0) is 0 Å². The van der Waals surface area contributed by atoms with Gasteiger partial charge in [0.05, 0.1) is 17.2 Å². The first-order valence-electron chi connectivity index (χ1n) is 9.23. The number of nitrogens with zero attached hydrogens (tertiary/aromatic N) is 6. The van der Waals surface area contributed by atoms with E-state index in [4.69, 9.17) is 4.98 Å². The van der Waals surface area contributed by atoms with Crippen LogP contribution in [0, 0.1) is 0 Å². The average molecular weight is 346 g/mol. The molecule has 0 unspecified atom stereocenters. The Morgan fingerprint density at radius 3 is 2.27 bits per heavy atom. The van der Waals surface area contributed by atoms with Gasteiger partial charge in [-0.2, -0.15) is 0 Å². The molecule has 26 heavy (non-hydrogen) atoms. The molecule has 4 heterocycles. The van der Waals surface area contributed by atoms with E-state index in [0.29, 0.717) is 6.04 Å². The van der Waals surface area contributed by atoms with Crippen LogP contribution in [0.1, 0.15) is 0 Å². The van der Waals surface area contributed by atoms with Crippen LogP contribution in [0.2, 0.25) is 0 Å². The number of pyridine rings is 1. The van der Waals surface area contributed by atoms with Crippen molar-refractivity contribution >= 4 is 22.7 Å². The molecule has 0 amide bonds. The average Bonchev–Trinajstić information content (AvgIpc) is 2.68. The van der Waals surface area contributed by atoms with Crippen molar-refractivity contribution < 1.29 is 0 Å². The molecule has 2 aliphatic heterocycles. The summed E-state index contributed by atoms with van der Waals surface area (Å²) < 4.78 is 0. The van der Waals surface area contributed by atoms with Gasteiger partial charge in [-0.25, -0.2) is 9.97 Å². The molecule has 132 valence electrons. The number of hydrogen-bond acceptors (Lipinski definition) is 6. The van der Waals surface area contributed by atoms with E-state index in [1.807, 2.05) is 42.7 Å². The molecule has 1 aromatic carbocycles. The summed E-state index contributed by atoms with van der Waals surface area (Å²) in [6, 6.07) is 14.8. The SMILES string of the molecule is c1ccc(N2CCN(C3CN(c4cnc5ccccc5n4)C3)CC2)nc1. The van der Waals surface area contributed by atoms with E-state index in [-0.39, 0.29) is 0 Å². The summed E-state index contributed by atoms with van der Waals surface area (Å²) in [5.74, 6) is 2.08. The molecule has 0 radical (unpaired) electrons. The predicted molar refractivity (Wildman–Crippen MR) is 104 cm³/mol. The fraction of sp³-hybridized carbons (Fsp3) is 0.350. The minimum atomic E-state index is 0.620. The van der Waals surface area contributed by atoms with E-state index >= 15 is 0 Å². The van der Waals surface area contributed by atoms with Crippen molar-refractivity contribution in [1.29, 1.82) is 0 Å². The van der Waals surface area contributed by atoms with E-state index in [0.717, 1.165) is 61.9 Å². The highest BCUT2D eigenvalue weighted by atomic mass is 15.4. The van der Waals surface area contributed by atoms with Crippen LogP contribution in [0.25, 0.3) is 11.0 Å². The van der Waals surface area contributed by atoms with Gasteiger partial charge in [-0.3, -0.25) is 9.88 Å². The van der Waals surface area contributed by atoms with Crippen molar-refractivity contribution in [3.05, 3.63) is 54.9 Å². The molecule has 0 atom stereocenters. The summed E-state index contributed by atoms with van der Waals surface area (Å²) in [5, 5.41) is 0. The van der Waals surface area contributed by atoms with E-state index < -0.39 is 0 Å². The Labute approximate surface area is 153 Å². The molecule has 2 aromatic heterocycles. The van der Waals surface area contributed by atoms with Crippen LogP contribution in [0.3, 0.4) is 0 Å². The fourth-order valence-electron chi connectivity index (χ4n) is 3.83. The Kier molecular flexibility index (Phi) is 3.90. The lowest BCUT2D eigenvalue weighted by Gasteiger charge is -2.48. The minimum absolute atomic E-state index is 0.620. The first-order valence-corrected chi connectivity index (χ1v) is 9.23.